The van der Waals surface area contributed by atoms with Crippen molar-refractivity contribution in [2.75, 3.05) is 6.61 Å². The lowest BCUT2D eigenvalue weighted by molar-refractivity contribution is 0.0130. The maximum absolute atomic E-state index is 5.55. The third-order valence-electron chi connectivity index (χ3n) is 3.57. The van der Waals surface area contributed by atoms with Crippen molar-refractivity contribution in [1.29, 1.82) is 0 Å². The zero-order valence-electron chi connectivity index (χ0n) is 11.5. The second kappa shape index (κ2) is 5.27. The van der Waals surface area contributed by atoms with E-state index in [9.17, 15) is 0 Å². The van der Waals surface area contributed by atoms with Crippen LogP contribution in [0, 0.1) is 6.92 Å². The van der Waals surface area contributed by atoms with Crippen LogP contribution in [0.4, 0.5) is 0 Å². The van der Waals surface area contributed by atoms with Crippen LogP contribution in [0.3, 0.4) is 0 Å². The minimum Gasteiger partial charge on any atom is -0.378 e. The smallest absolute Gasteiger partial charge is 0.155 e. The van der Waals surface area contributed by atoms with Crippen LogP contribution in [0.1, 0.15) is 31.0 Å². The lowest BCUT2D eigenvalue weighted by Gasteiger charge is -2.28. The Hall–Kier alpha value is -1.46. The van der Waals surface area contributed by atoms with E-state index in [0.29, 0.717) is 12.1 Å². The zero-order chi connectivity index (χ0) is 13.2. The fraction of sp³-hybridized carbons (Fsp3) is 0.571. The fourth-order valence-corrected chi connectivity index (χ4v) is 2.57. The van der Waals surface area contributed by atoms with Gasteiger partial charge in [-0.3, -0.25) is 0 Å². The fourth-order valence-electron chi connectivity index (χ4n) is 2.57. The van der Waals surface area contributed by atoms with Gasteiger partial charge in [-0.25, -0.2) is 9.50 Å². The number of fused-ring (bicyclic) bond motifs is 1. The van der Waals surface area contributed by atoms with Crippen LogP contribution in [0.2, 0.25) is 0 Å². The summed E-state index contributed by atoms with van der Waals surface area (Å²) in [7, 11) is 0. The Balaban J connectivity index is 1.64. The molecule has 1 aliphatic rings. The first-order chi connectivity index (χ1) is 9.20. The Morgan fingerprint density at radius 1 is 1.53 bits per heavy atom. The van der Waals surface area contributed by atoms with Crippen molar-refractivity contribution in [3.63, 3.8) is 0 Å². The molecule has 2 unspecified atom stereocenters. The number of aromatic nitrogens is 3. The standard InChI is InChI=1S/C14H20N4O/c1-10-5-14-16-8-12(9-18(14)17-10)7-15-13-3-4-19-11(2)6-13/h5,8-9,11,13,15H,3-4,6-7H2,1-2H3. The van der Waals surface area contributed by atoms with E-state index in [0.717, 1.165) is 42.9 Å². The summed E-state index contributed by atoms with van der Waals surface area (Å²) in [5, 5.41) is 7.97. The Labute approximate surface area is 113 Å². The number of rotatable bonds is 3. The van der Waals surface area contributed by atoms with E-state index in [-0.39, 0.29) is 0 Å². The Bertz CT molecular complexity index is 566. The number of hydrogen-bond donors (Lipinski definition) is 1. The van der Waals surface area contributed by atoms with Crippen molar-refractivity contribution in [2.24, 2.45) is 0 Å². The molecule has 2 aromatic rings. The molecule has 3 heterocycles. The summed E-state index contributed by atoms with van der Waals surface area (Å²) in [6.07, 6.45) is 6.50. The van der Waals surface area contributed by atoms with Crippen molar-refractivity contribution < 1.29 is 4.74 Å². The summed E-state index contributed by atoms with van der Waals surface area (Å²) in [6, 6.07) is 2.52. The van der Waals surface area contributed by atoms with Gasteiger partial charge >= 0.3 is 0 Å². The molecule has 1 N–H and O–H groups in total. The molecule has 102 valence electrons. The van der Waals surface area contributed by atoms with Gasteiger partial charge in [-0.15, -0.1) is 0 Å². The second-order valence-corrected chi connectivity index (χ2v) is 5.33. The van der Waals surface area contributed by atoms with Crippen molar-refractivity contribution in [1.82, 2.24) is 19.9 Å². The van der Waals surface area contributed by atoms with Gasteiger partial charge in [0.25, 0.3) is 0 Å². The molecule has 3 rings (SSSR count). The average Bonchev–Trinajstić information content (AvgIpc) is 2.75. The van der Waals surface area contributed by atoms with Crippen LogP contribution in [-0.4, -0.2) is 33.4 Å². The molecule has 1 saturated heterocycles. The monoisotopic (exact) mass is 260 g/mol. The highest BCUT2D eigenvalue weighted by Gasteiger charge is 2.18. The number of aryl methyl sites for hydroxylation is 1. The highest BCUT2D eigenvalue weighted by atomic mass is 16.5. The van der Waals surface area contributed by atoms with Crippen LogP contribution in [0.15, 0.2) is 18.5 Å². The Kier molecular flexibility index (Phi) is 3.48. The van der Waals surface area contributed by atoms with Gasteiger partial charge in [-0.2, -0.15) is 5.10 Å². The van der Waals surface area contributed by atoms with E-state index in [1.165, 1.54) is 0 Å². The lowest BCUT2D eigenvalue weighted by Crippen LogP contribution is -2.37. The maximum Gasteiger partial charge on any atom is 0.155 e. The SMILES string of the molecule is Cc1cc2ncc(CNC3CCOC(C)C3)cn2n1. The van der Waals surface area contributed by atoms with Crippen LogP contribution in [-0.2, 0) is 11.3 Å². The highest BCUT2D eigenvalue weighted by molar-refractivity contribution is 5.38. The highest BCUT2D eigenvalue weighted by Crippen LogP contribution is 2.14. The van der Waals surface area contributed by atoms with Crippen molar-refractivity contribution in [3.8, 4) is 0 Å². The van der Waals surface area contributed by atoms with E-state index in [1.807, 2.05) is 29.9 Å². The number of nitrogens with one attached hydrogen (secondary N) is 1. The predicted molar refractivity (Wildman–Crippen MR) is 73.0 cm³/mol. The number of hydrogen-bond acceptors (Lipinski definition) is 4. The summed E-state index contributed by atoms with van der Waals surface area (Å²) in [4.78, 5) is 4.42. The lowest BCUT2D eigenvalue weighted by atomic mass is 10.0. The van der Waals surface area contributed by atoms with E-state index >= 15 is 0 Å². The molecule has 1 fully saturated rings. The van der Waals surface area contributed by atoms with Gasteiger partial charge in [0.2, 0.25) is 0 Å². The minimum atomic E-state index is 0.362. The molecule has 0 aliphatic carbocycles. The molecule has 0 amide bonds. The van der Waals surface area contributed by atoms with E-state index < -0.39 is 0 Å². The molecule has 1 aliphatic heterocycles. The second-order valence-electron chi connectivity index (χ2n) is 5.33. The first-order valence-electron chi connectivity index (χ1n) is 6.86. The Morgan fingerprint density at radius 2 is 2.42 bits per heavy atom. The normalized spacial score (nSPS) is 23.9. The molecule has 0 aromatic carbocycles. The Morgan fingerprint density at radius 3 is 3.26 bits per heavy atom. The van der Waals surface area contributed by atoms with Gasteiger partial charge in [0.1, 0.15) is 0 Å². The maximum atomic E-state index is 5.55. The zero-order valence-corrected chi connectivity index (χ0v) is 11.5. The molecule has 0 radical (unpaired) electrons. The van der Waals surface area contributed by atoms with Crippen molar-refractivity contribution >= 4 is 5.65 Å². The van der Waals surface area contributed by atoms with Gasteiger partial charge in [0.05, 0.1) is 11.8 Å². The average molecular weight is 260 g/mol. The van der Waals surface area contributed by atoms with Gasteiger partial charge in [-0.05, 0) is 26.7 Å². The van der Waals surface area contributed by atoms with Crippen molar-refractivity contribution in [3.05, 3.63) is 29.7 Å². The van der Waals surface area contributed by atoms with Gasteiger partial charge in [0, 0.05) is 43.2 Å². The van der Waals surface area contributed by atoms with Crippen LogP contribution in [0.5, 0.6) is 0 Å². The topological polar surface area (TPSA) is 51.5 Å². The van der Waals surface area contributed by atoms with Crippen molar-refractivity contribution in [2.45, 2.75) is 45.4 Å². The molecule has 5 nitrogen and oxygen atoms in total. The van der Waals surface area contributed by atoms with E-state index in [2.05, 4.69) is 22.3 Å². The molecule has 19 heavy (non-hydrogen) atoms. The number of ether oxygens (including phenoxy) is 1. The first kappa shape index (κ1) is 12.6. The van der Waals surface area contributed by atoms with Crippen LogP contribution in [0.25, 0.3) is 5.65 Å². The van der Waals surface area contributed by atoms with Gasteiger partial charge < -0.3 is 10.1 Å². The molecule has 0 bridgehead atoms. The molecule has 5 heteroatoms. The minimum absolute atomic E-state index is 0.362. The molecule has 0 saturated carbocycles. The summed E-state index contributed by atoms with van der Waals surface area (Å²) in [6.45, 7) is 5.80. The van der Waals surface area contributed by atoms with Gasteiger partial charge in [0.15, 0.2) is 5.65 Å². The summed E-state index contributed by atoms with van der Waals surface area (Å²) in [5.41, 5.74) is 3.06. The molecule has 2 atom stereocenters. The number of nitrogens with zero attached hydrogens (tertiary/aromatic N) is 3. The quantitative estimate of drug-likeness (QED) is 0.912. The first-order valence-corrected chi connectivity index (χ1v) is 6.86. The largest absolute Gasteiger partial charge is 0.378 e. The third kappa shape index (κ3) is 2.93. The van der Waals surface area contributed by atoms with E-state index in [4.69, 9.17) is 4.74 Å². The summed E-state index contributed by atoms with van der Waals surface area (Å²) < 4.78 is 7.40. The summed E-state index contributed by atoms with van der Waals surface area (Å²) in [5.74, 6) is 0. The van der Waals surface area contributed by atoms with Crippen LogP contribution < -0.4 is 5.32 Å². The third-order valence-corrected chi connectivity index (χ3v) is 3.57. The van der Waals surface area contributed by atoms with Crippen LogP contribution >= 0.6 is 0 Å². The summed E-state index contributed by atoms with van der Waals surface area (Å²) >= 11 is 0. The molecular weight excluding hydrogens is 240 g/mol. The predicted octanol–water partition coefficient (Wildman–Crippen LogP) is 1.69. The molecular formula is C14H20N4O. The molecule has 2 aromatic heterocycles. The van der Waals surface area contributed by atoms with E-state index in [1.54, 1.807) is 0 Å². The molecule has 0 spiro atoms. The van der Waals surface area contributed by atoms with Gasteiger partial charge in [-0.1, -0.05) is 0 Å².